The van der Waals surface area contributed by atoms with Gasteiger partial charge in [0, 0.05) is 32.2 Å². The second kappa shape index (κ2) is 9.33. The number of guanidine groups is 1. The van der Waals surface area contributed by atoms with E-state index in [1.807, 2.05) is 0 Å². The van der Waals surface area contributed by atoms with Crippen molar-refractivity contribution in [3.05, 3.63) is 35.4 Å². The number of nitrogens with one attached hydrogen (secondary N) is 1. The molecule has 2 saturated heterocycles. The molecule has 2 heterocycles. The highest BCUT2D eigenvalue weighted by Crippen LogP contribution is 2.29. The Morgan fingerprint density at radius 1 is 1.25 bits per heavy atom. The van der Waals surface area contributed by atoms with Crippen molar-refractivity contribution >= 4 is 5.96 Å². The Morgan fingerprint density at radius 3 is 2.75 bits per heavy atom. The molecule has 0 aromatic heterocycles. The van der Waals surface area contributed by atoms with Crippen molar-refractivity contribution in [1.29, 1.82) is 0 Å². The standard InChI is InChI=1S/C21H27F3N4/c1-25-20(28-13-9-18(16-28)15-27-11-2-3-12-27)26-10-5-7-17-6-4-8-19(14-17)21(22,23)24/h4,6,8,14,18H,2-3,9-13,15-16H2,1H3,(H,25,26). The first kappa shape index (κ1) is 20.5. The Hall–Kier alpha value is -2.20. The average Bonchev–Trinajstić information content (AvgIpc) is 3.34. The molecule has 3 rings (SSSR count). The molecule has 0 aliphatic carbocycles. The third kappa shape index (κ3) is 5.65. The van der Waals surface area contributed by atoms with E-state index in [-0.39, 0.29) is 0 Å². The number of benzene rings is 1. The number of hydrogen-bond donors (Lipinski definition) is 1. The van der Waals surface area contributed by atoms with Crippen LogP contribution in [0.25, 0.3) is 0 Å². The summed E-state index contributed by atoms with van der Waals surface area (Å²) in [5, 5.41) is 3.21. The van der Waals surface area contributed by atoms with E-state index >= 15 is 0 Å². The SMILES string of the molecule is CN=C(NCC#Cc1cccc(C(F)(F)F)c1)N1CCC(CN2CCCC2)C1. The molecule has 0 amide bonds. The smallest absolute Gasteiger partial charge is 0.345 e. The first-order valence-corrected chi connectivity index (χ1v) is 9.80. The lowest BCUT2D eigenvalue weighted by Gasteiger charge is -2.22. The van der Waals surface area contributed by atoms with Gasteiger partial charge in [-0.2, -0.15) is 13.2 Å². The molecule has 1 aromatic carbocycles. The summed E-state index contributed by atoms with van der Waals surface area (Å²) in [6.45, 7) is 5.89. The zero-order valence-corrected chi connectivity index (χ0v) is 16.2. The van der Waals surface area contributed by atoms with Crippen LogP contribution in [0, 0.1) is 17.8 Å². The molecular weight excluding hydrogens is 365 g/mol. The predicted molar refractivity (Wildman–Crippen MR) is 105 cm³/mol. The van der Waals surface area contributed by atoms with E-state index in [0.29, 0.717) is 18.0 Å². The highest BCUT2D eigenvalue weighted by molar-refractivity contribution is 5.80. The van der Waals surface area contributed by atoms with Crippen LogP contribution in [0.4, 0.5) is 13.2 Å². The molecule has 152 valence electrons. The number of nitrogens with zero attached hydrogens (tertiary/aromatic N) is 3. The largest absolute Gasteiger partial charge is 0.416 e. The second-order valence-corrected chi connectivity index (χ2v) is 7.39. The van der Waals surface area contributed by atoms with Gasteiger partial charge in [0.05, 0.1) is 12.1 Å². The maximum absolute atomic E-state index is 12.8. The quantitative estimate of drug-likeness (QED) is 0.487. The van der Waals surface area contributed by atoms with Gasteiger partial charge >= 0.3 is 6.18 Å². The average molecular weight is 392 g/mol. The summed E-state index contributed by atoms with van der Waals surface area (Å²) in [6.07, 6.45) is -0.569. The van der Waals surface area contributed by atoms with Crippen LogP contribution in [0.1, 0.15) is 30.4 Å². The van der Waals surface area contributed by atoms with Crippen molar-refractivity contribution in [3.8, 4) is 11.8 Å². The van der Waals surface area contributed by atoms with E-state index in [1.165, 1.54) is 32.0 Å². The number of likely N-dealkylation sites (tertiary alicyclic amines) is 2. The van der Waals surface area contributed by atoms with Crippen molar-refractivity contribution in [1.82, 2.24) is 15.1 Å². The first-order valence-electron chi connectivity index (χ1n) is 9.80. The summed E-state index contributed by atoms with van der Waals surface area (Å²) in [5.74, 6) is 7.15. The minimum Gasteiger partial charge on any atom is -0.345 e. The fourth-order valence-electron chi connectivity index (χ4n) is 3.88. The van der Waals surface area contributed by atoms with Gasteiger partial charge in [-0.05, 0) is 56.5 Å². The molecule has 1 atom stereocenters. The van der Waals surface area contributed by atoms with Crippen LogP contribution in [0.3, 0.4) is 0 Å². The van der Waals surface area contributed by atoms with Crippen LogP contribution in [-0.2, 0) is 6.18 Å². The second-order valence-electron chi connectivity index (χ2n) is 7.39. The van der Waals surface area contributed by atoms with E-state index in [1.54, 1.807) is 13.1 Å². The van der Waals surface area contributed by atoms with Gasteiger partial charge in [0.1, 0.15) is 0 Å². The van der Waals surface area contributed by atoms with Crippen molar-refractivity contribution in [2.45, 2.75) is 25.4 Å². The molecule has 2 fully saturated rings. The van der Waals surface area contributed by atoms with Crippen LogP contribution in [-0.4, -0.2) is 62.1 Å². The minimum absolute atomic E-state index is 0.343. The van der Waals surface area contributed by atoms with Gasteiger partial charge in [-0.1, -0.05) is 17.9 Å². The number of alkyl halides is 3. The maximum Gasteiger partial charge on any atom is 0.416 e. The Balaban J connectivity index is 1.48. The lowest BCUT2D eigenvalue weighted by Crippen LogP contribution is -2.40. The minimum atomic E-state index is -4.35. The van der Waals surface area contributed by atoms with E-state index in [9.17, 15) is 13.2 Å². The third-order valence-electron chi connectivity index (χ3n) is 5.27. The zero-order chi connectivity index (χ0) is 20.0. The van der Waals surface area contributed by atoms with Gasteiger partial charge in [-0.15, -0.1) is 0 Å². The maximum atomic E-state index is 12.8. The Labute approximate surface area is 164 Å². The molecule has 4 nitrogen and oxygen atoms in total. The van der Waals surface area contributed by atoms with Gasteiger partial charge in [0.15, 0.2) is 5.96 Å². The van der Waals surface area contributed by atoms with Crippen molar-refractivity contribution in [2.75, 3.05) is 46.3 Å². The van der Waals surface area contributed by atoms with Crippen LogP contribution in [0.2, 0.25) is 0 Å². The summed E-state index contributed by atoms with van der Waals surface area (Å²) >= 11 is 0. The zero-order valence-electron chi connectivity index (χ0n) is 16.2. The highest BCUT2D eigenvalue weighted by atomic mass is 19.4. The van der Waals surface area contributed by atoms with Crippen LogP contribution in [0.15, 0.2) is 29.3 Å². The van der Waals surface area contributed by atoms with Crippen LogP contribution in [0.5, 0.6) is 0 Å². The fraction of sp³-hybridized carbons (Fsp3) is 0.571. The molecule has 0 bridgehead atoms. The van der Waals surface area contributed by atoms with E-state index in [2.05, 4.69) is 31.9 Å². The van der Waals surface area contributed by atoms with Crippen molar-refractivity contribution < 1.29 is 13.2 Å². The van der Waals surface area contributed by atoms with Crippen molar-refractivity contribution in [3.63, 3.8) is 0 Å². The normalized spacial score (nSPS) is 20.9. The molecular formula is C21H27F3N4. The summed E-state index contributed by atoms with van der Waals surface area (Å²) < 4.78 is 38.3. The molecule has 7 heteroatoms. The topological polar surface area (TPSA) is 30.9 Å². The monoisotopic (exact) mass is 392 g/mol. The summed E-state index contributed by atoms with van der Waals surface area (Å²) in [5.41, 5.74) is -0.317. The molecule has 0 radical (unpaired) electrons. The van der Waals surface area contributed by atoms with E-state index in [4.69, 9.17) is 0 Å². The molecule has 1 aromatic rings. The number of hydrogen-bond acceptors (Lipinski definition) is 2. The number of aliphatic imine (C=N–C) groups is 1. The fourth-order valence-corrected chi connectivity index (χ4v) is 3.88. The Kier molecular flexibility index (Phi) is 6.84. The molecule has 2 aliphatic heterocycles. The van der Waals surface area contributed by atoms with Crippen LogP contribution < -0.4 is 5.32 Å². The van der Waals surface area contributed by atoms with E-state index in [0.717, 1.165) is 44.1 Å². The highest BCUT2D eigenvalue weighted by Gasteiger charge is 2.30. The van der Waals surface area contributed by atoms with Gasteiger partial charge < -0.3 is 15.1 Å². The molecule has 28 heavy (non-hydrogen) atoms. The molecule has 0 spiro atoms. The summed E-state index contributed by atoms with van der Waals surface area (Å²) in [4.78, 5) is 9.12. The van der Waals surface area contributed by atoms with Gasteiger partial charge in [-0.25, -0.2) is 0 Å². The van der Waals surface area contributed by atoms with Crippen molar-refractivity contribution in [2.24, 2.45) is 10.9 Å². The molecule has 1 unspecified atom stereocenters. The number of halogens is 3. The summed E-state index contributed by atoms with van der Waals surface area (Å²) in [7, 11) is 1.75. The summed E-state index contributed by atoms with van der Waals surface area (Å²) in [6, 6.07) is 5.09. The third-order valence-corrected chi connectivity index (χ3v) is 5.27. The van der Waals surface area contributed by atoms with Gasteiger partial charge in [0.2, 0.25) is 0 Å². The first-order chi connectivity index (χ1) is 13.5. The Bertz CT molecular complexity index is 742. The lowest BCUT2D eigenvalue weighted by molar-refractivity contribution is -0.137. The molecule has 1 N–H and O–H groups in total. The van der Waals surface area contributed by atoms with E-state index < -0.39 is 11.7 Å². The Morgan fingerprint density at radius 2 is 2.04 bits per heavy atom. The van der Waals surface area contributed by atoms with Crippen LogP contribution >= 0.6 is 0 Å². The van der Waals surface area contributed by atoms with Gasteiger partial charge in [0.25, 0.3) is 0 Å². The lowest BCUT2D eigenvalue weighted by atomic mass is 10.1. The molecule has 2 aliphatic rings. The predicted octanol–water partition coefficient (Wildman–Crippen LogP) is 3.05. The molecule has 0 saturated carbocycles. The van der Waals surface area contributed by atoms with Gasteiger partial charge in [-0.3, -0.25) is 4.99 Å². The number of rotatable bonds is 3.